The molecule has 0 aliphatic heterocycles. The molecule has 0 bridgehead atoms. The molecular formula is C12H17ClF3NO. The highest BCUT2D eigenvalue weighted by Gasteiger charge is 2.31. The minimum absolute atomic E-state index is 0. The average molecular weight is 284 g/mol. The van der Waals surface area contributed by atoms with Gasteiger partial charge in [0.25, 0.3) is 0 Å². The SMILES string of the molecule is CCC[C@H](N)c1ccc(C(F)(F)F)cc1OC.Cl. The van der Waals surface area contributed by atoms with E-state index in [2.05, 4.69) is 0 Å². The predicted octanol–water partition coefficient (Wildman–Crippen LogP) is 3.94. The van der Waals surface area contributed by atoms with E-state index in [1.54, 1.807) is 0 Å². The number of rotatable bonds is 4. The highest BCUT2D eigenvalue weighted by Crippen LogP contribution is 2.35. The summed E-state index contributed by atoms with van der Waals surface area (Å²) in [5.41, 5.74) is 5.77. The van der Waals surface area contributed by atoms with Gasteiger partial charge in [0.2, 0.25) is 0 Å². The second kappa shape index (κ2) is 6.85. The molecule has 1 atom stereocenters. The minimum atomic E-state index is -4.36. The molecule has 0 aliphatic carbocycles. The summed E-state index contributed by atoms with van der Waals surface area (Å²) in [6, 6.07) is 3.12. The molecule has 1 rings (SSSR count). The number of ether oxygens (including phenoxy) is 1. The van der Waals surface area contributed by atoms with E-state index in [9.17, 15) is 13.2 Å². The Labute approximate surface area is 111 Å². The van der Waals surface area contributed by atoms with Crippen LogP contribution in [0.3, 0.4) is 0 Å². The summed E-state index contributed by atoms with van der Waals surface area (Å²) in [6.45, 7) is 1.97. The largest absolute Gasteiger partial charge is 0.496 e. The molecule has 0 aromatic heterocycles. The third-order valence-corrected chi connectivity index (χ3v) is 2.56. The lowest BCUT2D eigenvalue weighted by molar-refractivity contribution is -0.137. The van der Waals surface area contributed by atoms with Crippen molar-refractivity contribution < 1.29 is 17.9 Å². The fourth-order valence-electron chi connectivity index (χ4n) is 1.66. The second-order valence-corrected chi connectivity index (χ2v) is 3.85. The molecule has 1 aromatic carbocycles. The first-order valence-corrected chi connectivity index (χ1v) is 5.40. The normalized spacial score (nSPS) is 12.8. The highest BCUT2D eigenvalue weighted by atomic mass is 35.5. The van der Waals surface area contributed by atoms with Gasteiger partial charge in [-0.3, -0.25) is 0 Å². The van der Waals surface area contributed by atoms with Crippen LogP contribution in [0.2, 0.25) is 0 Å². The third-order valence-electron chi connectivity index (χ3n) is 2.56. The van der Waals surface area contributed by atoms with Gasteiger partial charge in [-0.2, -0.15) is 13.2 Å². The summed E-state index contributed by atoms with van der Waals surface area (Å²) < 4.78 is 42.5. The van der Waals surface area contributed by atoms with E-state index >= 15 is 0 Å². The number of nitrogens with two attached hydrogens (primary N) is 1. The van der Waals surface area contributed by atoms with Gasteiger partial charge in [-0.1, -0.05) is 19.4 Å². The monoisotopic (exact) mass is 283 g/mol. The highest BCUT2D eigenvalue weighted by molar-refractivity contribution is 5.85. The molecule has 0 unspecified atom stereocenters. The fourth-order valence-corrected chi connectivity index (χ4v) is 1.66. The maximum Gasteiger partial charge on any atom is 0.416 e. The van der Waals surface area contributed by atoms with Gasteiger partial charge in [-0.25, -0.2) is 0 Å². The number of hydrogen-bond donors (Lipinski definition) is 1. The van der Waals surface area contributed by atoms with E-state index in [0.29, 0.717) is 12.0 Å². The van der Waals surface area contributed by atoms with Gasteiger partial charge < -0.3 is 10.5 Å². The van der Waals surface area contributed by atoms with Crippen molar-refractivity contribution in [2.75, 3.05) is 7.11 Å². The van der Waals surface area contributed by atoms with Gasteiger partial charge in [-0.15, -0.1) is 12.4 Å². The summed E-state index contributed by atoms with van der Waals surface area (Å²) in [5.74, 6) is 0.195. The smallest absolute Gasteiger partial charge is 0.416 e. The summed E-state index contributed by atoms with van der Waals surface area (Å²) in [5, 5.41) is 0. The Morgan fingerprint density at radius 1 is 1.33 bits per heavy atom. The van der Waals surface area contributed by atoms with Crippen LogP contribution in [0.25, 0.3) is 0 Å². The first-order valence-electron chi connectivity index (χ1n) is 5.40. The molecule has 2 nitrogen and oxygen atoms in total. The van der Waals surface area contributed by atoms with Crippen LogP contribution >= 0.6 is 12.4 Å². The lowest BCUT2D eigenvalue weighted by Crippen LogP contribution is -2.13. The zero-order valence-electron chi connectivity index (χ0n) is 10.3. The zero-order chi connectivity index (χ0) is 13.1. The van der Waals surface area contributed by atoms with Crippen molar-refractivity contribution in [1.82, 2.24) is 0 Å². The van der Waals surface area contributed by atoms with Crippen molar-refractivity contribution in [3.05, 3.63) is 29.3 Å². The Bertz CT molecular complexity index is 382. The Morgan fingerprint density at radius 3 is 2.39 bits per heavy atom. The molecule has 2 N–H and O–H groups in total. The number of halogens is 4. The first-order chi connectivity index (χ1) is 7.90. The summed E-state index contributed by atoms with van der Waals surface area (Å²) >= 11 is 0. The molecule has 1 aromatic rings. The van der Waals surface area contributed by atoms with Gasteiger partial charge in [0.05, 0.1) is 12.7 Å². The molecule has 6 heteroatoms. The summed E-state index contributed by atoms with van der Waals surface area (Å²) in [4.78, 5) is 0. The van der Waals surface area contributed by atoms with Crippen molar-refractivity contribution in [1.29, 1.82) is 0 Å². The molecule has 0 fully saturated rings. The van der Waals surface area contributed by atoms with E-state index in [4.69, 9.17) is 10.5 Å². The second-order valence-electron chi connectivity index (χ2n) is 3.85. The molecule has 0 heterocycles. The van der Waals surface area contributed by atoms with Gasteiger partial charge in [0, 0.05) is 11.6 Å². The van der Waals surface area contributed by atoms with E-state index < -0.39 is 11.7 Å². The number of alkyl halides is 3. The first kappa shape index (κ1) is 17.1. The topological polar surface area (TPSA) is 35.2 Å². The van der Waals surface area contributed by atoms with Crippen LogP contribution in [0, 0.1) is 0 Å². The van der Waals surface area contributed by atoms with Crippen LogP contribution in [-0.2, 0) is 6.18 Å². The molecule has 0 spiro atoms. The van der Waals surface area contributed by atoms with Crippen molar-refractivity contribution >= 4 is 12.4 Å². The Hall–Kier alpha value is -0.940. The van der Waals surface area contributed by atoms with E-state index in [1.165, 1.54) is 13.2 Å². The number of benzene rings is 1. The Morgan fingerprint density at radius 2 is 1.94 bits per heavy atom. The van der Waals surface area contributed by atoms with Crippen LogP contribution in [-0.4, -0.2) is 7.11 Å². The van der Waals surface area contributed by atoms with Gasteiger partial charge in [-0.05, 0) is 18.6 Å². The minimum Gasteiger partial charge on any atom is -0.496 e. The van der Waals surface area contributed by atoms with E-state index in [-0.39, 0.29) is 24.2 Å². The molecule has 104 valence electrons. The number of methoxy groups -OCH3 is 1. The lowest BCUT2D eigenvalue weighted by Gasteiger charge is -2.17. The number of hydrogen-bond acceptors (Lipinski definition) is 2. The van der Waals surface area contributed by atoms with Crippen molar-refractivity contribution in [3.8, 4) is 5.75 Å². The van der Waals surface area contributed by atoms with Crippen molar-refractivity contribution in [3.63, 3.8) is 0 Å². The molecule has 0 radical (unpaired) electrons. The van der Waals surface area contributed by atoms with Crippen LogP contribution in [0.15, 0.2) is 18.2 Å². The standard InChI is InChI=1S/C12H16F3NO.ClH/c1-3-4-10(16)9-6-5-8(12(13,14)15)7-11(9)17-2;/h5-7,10H,3-4,16H2,1-2H3;1H/t10-;/m0./s1. The van der Waals surface area contributed by atoms with Gasteiger partial charge >= 0.3 is 6.18 Å². The Balaban J connectivity index is 0.00000289. The lowest BCUT2D eigenvalue weighted by atomic mass is 10.0. The Kier molecular flexibility index (Phi) is 6.49. The van der Waals surface area contributed by atoms with Crippen molar-refractivity contribution in [2.45, 2.75) is 32.0 Å². The van der Waals surface area contributed by atoms with Crippen LogP contribution in [0.5, 0.6) is 5.75 Å². The third kappa shape index (κ3) is 4.07. The molecule has 0 aliphatic rings. The fraction of sp³-hybridized carbons (Fsp3) is 0.500. The summed E-state index contributed by atoms with van der Waals surface area (Å²) in [6.07, 6.45) is -2.78. The van der Waals surface area contributed by atoms with E-state index in [1.807, 2.05) is 6.92 Å². The maximum atomic E-state index is 12.5. The average Bonchev–Trinajstić information content (AvgIpc) is 2.27. The molecule has 18 heavy (non-hydrogen) atoms. The predicted molar refractivity (Wildman–Crippen MR) is 67.1 cm³/mol. The van der Waals surface area contributed by atoms with E-state index in [0.717, 1.165) is 18.6 Å². The van der Waals surface area contributed by atoms with Crippen LogP contribution < -0.4 is 10.5 Å². The maximum absolute atomic E-state index is 12.5. The zero-order valence-corrected chi connectivity index (χ0v) is 11.1. The summed E-state index contributed by atoms with van der Waals surface area (Å²) in [7, 11) is 1.34. The quantitative estimate of drug-likeness (QED) is 0.908. The molecular weight excluding hydrogens is 267 g/mol. The molecule has 0 amide bonds. The van der Waals surface area contributed by atoms with Gasteiger partial charge in [0.15, 0.2) is 0 Å². The van der Waals surface area contributed by atoms with Crippen LogP contribution in [0.1, 0.15) is 36.9 Å². The van der Waals surface area contributed by atoms with Gasteiger partial charge in [0.1, 0.15) is 5.75 Å². The van der Waals surface area contributed by atoms with Crippen molar-refractivity contribution in [2.24, 2.45) is 5.73 Å². The van der Waals surface area contributed by atoms with Crippen LogP contribution in [0.4, 0.5) is 13.2 Å². The molecule has 0 saturated carbocycles. The molecule has 0 saturated heterocycles.